The molecule has 2 N–H and O–H groups in total. The first-order valence-corrected chi connectivity index (χ1v) is 9.32. The highest BCUT2D eigenvalue weighted by atomic mass is 19.1. The Hall–Kier alpha value is -3.15. The Morgan fingerprint density at radius 1 is 1.07 bits per heavy atom. The third-order valence-electron chi connectivity index (χ3n) is 4.54. The third-order valence-corrected chi connectivity index (χ3v) is 4.54. The summed E-state index contributed by atoms with van der Waals surface area (Å²) in [5.74, 6) is 1.44. The molecule has 5 nitrogen and oxygen atoms in total. The number of hydrogen-bond donors (Lipinski definition) is 2. The van der Waals surface area contributed by atoms with E-state index in [0.717, 1.165) is 40.2 Å². The fourth-order valence-electron chi connectivity index (χ4n) is 2.98. The van der Waals surface area contributed by atoms with Crippen LogP contribution in [0.1, 0.15) is 11.1 Å². The molecule has 3 rings (SSSR count). The number of pyridine rings is 1. The van der Waals surface area contributed by atoms with Crippen LogP contribution in [0.2, 0.25) is 0 Å². The van der Waals surface area contributed by atoms with Gasteiger partial charge in [0.05, 0.1) is 5.52 Å². The molecule has 0 bridgehead atoms. The van der Waals surface area contributed by atoms with Crippen molar-refractivity contribution < 1.29 is 4.39 Å². The molecule has 0 spiro atoms. The Morgan fingerprint density at radius 3 is 2.54 bits per heavy atom. The second-order valence-electron chi connectivity index (χ2n) is 6.78. The third kappa shape index (κ3) is 4.97. The highest BCUT2D eigenvalue weighted by Gasteiger charge is 2.08. The standard InChI is InChI=1S/C22H26FN5/c1-24-22(25-13-12-16-8-10-18(23)11-9-16)26-15-17-14-21(28(2)3)27-20-7-5-4-6-19(17)20/h4-11,14H,12-13,15H2,1-3H3,(H2,24,25,26). The van der Waals surface area contributed by atoms with Gasteiger partial charge >= 0.3 is 0 Å². The van der Waals surface area contributed by atoms with Crippen LogP contribution in [0.5, 0.6) is 0 Å². The van der Waals surface area contributed by atoms with E-state index in [1.165, 1.54) is 12.1 Å². The molecule has 0 unspecified atom stereocenters. The van der Waals surface area contributed by atoms with Gasteiger partial charge in [0.2, 0.25) is 0 Å². The molecule has 0 radical (unpaired) electrons. The monoisotopic (exact) mass is 379 g/mol. The Bertz CT molecular complexity index is 951. The van der Waals surface area contributed by atoms with Gasteiger partial charge in [-0.25, -0.2) is 9.37 Å². The van der Waals surface area contributed by atoms with Crippen LogP contribution in [0.25, 0.3) is 10.9 Å². The second kappa shape index (κ2) is 9.17. The number of halogens is 1. The van der Waals surface area contributed by atoms with Crippen molar-refractivity contribution in [3.8, 4) is 0 Å². The van der Waals surface area contributed by atoms with Gasteiger partial charge in [0.15, 0.2) is 5.96 Å². The Morgan fingerprint density at radius 2 is 1.82 bits per heavy atom. The lowest BCUT2D eigenvalue weighted by molar-refractivity contribution is 0.626. The number of para-hydroxylation sites is 1. The van der Waals surface area contributed by atoms with Crippen LogP contribution >= 0.6 is 0 Å². The predicted octanol–water partition coefficient (Wildman–Crippen LogP) is 3.35. The van der Waals surface area contributed by atoms with Crippen LogP contribution in [0, 0.1) is 5.82 Å². The van der Waals surface area contributed by atoms with Crippen molar-refractivity contribution in [3.05, 3.63) is 71.5 Å². The van der Waals surface area contributed by atoms with Crippen molar-refractivity contribution >= 4 is 22.7 Å². The lowest BCUT2D eigenvalue weighted by Gasteiger charge is -2.17. The molecule has 0 amide bonds. The van der Waals surface area contributed by atoms with Crippen LogP contribution in [-0.4, -0.2) is 38.6 Å². The number of anilines is 1. The summed E-state index contributed by atoms with van der Waals surface area (Å²) in [6.07, 6.45) is 0.796. The molecule has 146 valence electrons. The number of aromatic nitrogens is 1. The molecule has 3 aromatic rings. The number of guanidine groups is 1. The summed E-state index contributed by atoms with van der Waals surface area (Å²) < 4.78 is 13.0. The molecule has 0 aliphatic carbocycles. The molecular weight excluding hydrogens is 353 g/mol. The van der Waals surface area contributed by atoms with E-state index in [4.69, 9.17) is 4.98 Å². The summed E-state index contributed by atoms with van der Waals surface area (Å²) in [7, 11) is 5.73. The lowest BCUT2D eigenvalue weighted by Crippen LogP contribution is -2.37. The van der Waals surface area contributed by atoms with Crippen molar-refractivity contribution in [1.29, 1.82) is 0 Å². The Labute approximate surface area is 165 Å². The minimum absolute atomic E-state index is 0.212. The van der Waals surface area contributed by atoms with E-state index < -0.39 is 0 Å². The smallest absolute Gasteiger partial charge is 0.191 e. The quantitative estimate of drug-likeness (QED) is 0.509. The molecule has 0 saturated heterocycles. The molecule has 0 aliphatic heterocycles. The van der Waals surface area contributed by atoms with Gasteiger partial charge < -0.3 is 15.5 Å². The summed E-state index contributed by atoms with van der Waals surface area (Å²) in [4.78, 5) is 11.0. The summed E-state index contributed by atoms with van der Waals surface area (Å²) in [5, 5.41) is 7.81. The first kappa shape index (κ1) is 19.6. The maximum Gasteiger partial charge on any atom is 0.191 e. The minimum Gasteiger partial charge on any atom is -0.363 e. The number of nitrogens with one attached hydrogen (secondary N) is 2. The van der Waals surface area contributed by atoms with Crippen LogP contribution in [0.4, 0.5) is 10.2 Å². The number of hydrogen-bond acceptors (Lipinski definition) is 3. The van der Waals surface area contributed by atoms with Gasteiger partial charge in [0.25, 0.3) is 0 Å². The first-order chi connectivity index (χ1) is 13.6. The summed E-state index contributed by atoms with van der Waals surface area (Å²) in [6.45, 7) is 1.35. The topological polar surface area (TPSA) is 52.6 Å². The van der Waals surface area contributed by atoms with E-state index in [2.05, 4.69) is 27.8 Å². The number of benzene rings is 2. The van der Waals surface area contributed by atoms with Gasteiger partial charge in [0, 0.05) is 39.6 Å². The molecule has 1 heterocycles. The molecule has 28 heavy (non-hydrogen) atoms. The van der Waals surface area contributed by atoms with Gasteiger partial charge in [-0.2, -0.15) is 0 Å². The maximum atomic E-state index is 13.0. The summed E-state index contributed by atoms with van der Waals surface area (Å²) in [6, 6.07) is 16.8. The predicted molar refractivity (Wildman–Crippen MR) is 114 cm³/mol. The molecule has 2 aromatic carbocycles. The average Bonchev–Trinajstić information content (AvgIpc) is 2.71. The van der Waals surface area contributed by atoms with Gasteiger partial charge in [-0.05, 0) is 41.8 Å². The van der Waals surface area contributed by atoms with E-state index in [1.54, 1.807) is 19.2 Å². The van der Waals surface area contributed by atoms with Crippen molar-refractivity contribution in [3.63, 3.8) is 0 Å². The van der Waals surface area contributed by atoms with E-state index in [1.807, 2.05) is 37.2 Å². The SMILES string of the molecule is CN=C(NCCc1ccc(F)cc1)NCc1cc(N(C)C)nc2ccccc12. The van der Waals surface area contributed by atoms with Crippen LogP contribution in [-0.2, 0) is 13.0 Å². The molecule has 1 aromatic heterocycles. The zero-order valence-corrected chi connectivity index (χ0v) is 16.5. The van der Waals surface area contributed by atoms with E-state index >= 15 is 0 Å². The van der Waals surface area contributed by atoms with Gasteiger partial charge in [-0.15, -0.1) is 0 Å². The minimum atomic E-state index is -0.212. The van der Waals surface area contributed by atoms with Crippen molar-refractivity contribution in [1.82, 2.24) is 15.6 Å². The van der Waals surface area contributed by atoms with Crippen molar-refractivity contribution in [2.75, 3.05) is 32.6 Å². The zero-order chi connectivity index (χ0) is 19.9. The molecular formula is C22H26FN5. The van der Waals surface area contributed by atoms with E-state index in [0.29, 0.717) is 13.1 Å². The van der Waals surface area contributed by atoms with Crippen molar-refractivity contribution in [2.45, 2.75) is 13.0 Å². The van der Waals surface area contributed by atoms with Gasteiger partial charge in [-0.3, -0.25) is 4.99 Å². The molecule has 0 atom stereocenters. The number of fused-ring (bicyclic) bond motifs is 1. The molecule has 0 fully saturated rings. The molecule has 6 heteroatoms. The maximum absolute atomic E-state index is 13.0. The van der Waals surface area contributed by atoms with E-state index in [9.17, 15) is 4.39 Å². The average molecular weight is 379 g/mol. The highest BCUT2D eigenvalue weighted by molar-refractivity contribution is 5.85. The Kier molecular flexibility index (Phi) is 6.42. The van der Waals surface area contributed by atoms with Crippen LogP contribution in [0.3, 0.4) is 0 Å². The van der Waals surface area contributed by atoms with Crippen LogP contribution in [0.15, 0.2) is 59.6 Å². The Balaban J connectivity index is 1.64. The lowest BCUT2D eigenvalue weighted by atomic mass is 10.1. The fourth-order valence-corrected chi connectivity index (χ4v) is 2.98. The van der Waals surface area contributed by atoms with Crippen molar-refractivity contribution in [2.24, 2.45) is 4.99 Å². The van der Waals surface area contributed by atoms with E-state index in [-0.39, 0.29) is 5.82 Å². The summed E-state index contributed by atoms with van der Waals surface area (Å²) in [5.41, 5.74) is 3.22. The molecule has 0 aliphatic rings. The number of aliphatic imine (C=N–C) groups is 1. The second-order valence-corrected chi connectivity index (χ2v) is 6.78. The summed E-state index contributed by atoms with van der Waals surface area (Å²) >= 11 is 0. The first-order valence-electron chi connectivity index (χ1n) is 9.32. The normalized spacial score (nSPS) is 11.5. The number of nitrogens with zero attached hydrogens (tertiary/aromatic N) is 3. The number of rotatable bonds is 6. The zero-order valence-electron chi connectivity index (χ0n) is 16.5. The highest BCUT2D eigenvalue weighted by Crippen LogP contribution is 2.21. The fraction of sp³-hybridized carbons (Fsp3) is 0.273. The molecule has 0 saturated carbocycles. The van der Waals surface area contributed by atoms with Crippen LogP contribution < -0.4 is 15.5 Å². The van der Waals surface area contributed by atoms with Gasteiger partial charge in [0.1, 0.15) is 11.6 Å². The van der Waals surface area contributed by atoms with Gasteiger partial charge in [-0.1, -0.05) is 30.3 Å². The largest absolute Gasteiger partial charge is 0.363 e.